The number of fused-ring (bicyclic) bond motifs is 1. The third-order valence-corrected chi connectivity index (χ3v) is 6.02. The second-order valence-corrected chi connectivity index (χ2v) is 8.12. The maximum Gasteiger partial charge on any atom is 0.354 e. The van der Waals surface area contributed by atoms with Crippen molar-refractivity contribution >= 4 is 16.9 Å². The van der Waals surface area contributed by atoms with Crippen molar-refractivity contribution in [3.63, 3.8) is 0 Å². The van der Waals surface area contributed by atoms with E-state index in [2.05, 4.69) is 27.2 Å². The minimum atomic E-state index is -1.10. The molecule has 1 aliphatic rings. The first kappa shape index (κ1) is 20.3. The van der Waals surface area contributed by atoms with E-state index in [0.29, 0.717) is 35.3 Å². The van der Waals surface area contributed by atoms with Crippen LogP contribution in [0.2, 0.25) is 0 Å². The number of hydrogen-bond acceptors (Lipinski definition) is 7. The van der Waals surface area contributed by atoms with Crippen LogP contribution in [0.5, 0.6) is 0 Å². The predicted octanol–water partition coefficient (Wildman–Crippen LogP) is 3.80. The van der Waals surface area contributed by atoms with Gasteiger partial charge in [-0.3, -0.25) is 4.98 Å². The molecular formula is C24H17N7O2. The predicted molar refractivity (Wildman–Crippen MR) is 117 cm³/mol. The fourth-order valence-electron chi connectivity index (χ4n) is 4.35. The van der Waals surface area contributed by atoms with Crippen molar-refractivity contribution in [3.8, 4) is 34.7 Å². The van der Waals surface area contributed by atoms with E-state index in [1.807, 2.05) is 24.3 Å². The van der Waals surface area contributed by atoms with Crippen LogP contribution in [0.1, 0.15) is 29.8 Å². The maximum absolute atomic E-state index is 11.4. The van der Waals surface area contributed by atoms with E-state index >= 15 is 0 Å². The number of benzene rings is 1. The largest absolute Gasteiger partial charge is 0.477 e. The minimum Gasteiger partial charge on any atom is -0.477 e. The Morgan fingerprint density at radius 2 is 2.03 bits per heavy atom. The fourth-order valence-corrected chi connectivity index (χ4v) is 4.35. The first-order valence-electron chi connectivity index (χ1n) is 10.3. The Morgan fingerprint density at radius 1 is 1.18 bits per heavy atom. The Bertz CT molecular complexity index is 1470. The Morgan fingerprint density at radius 3 is 2.79 bits per heavy atom. The van der Waals surface area contributed by atoms with E-state index in [4.69, 9.17) is 5.10 Å². The Hall–Kier alpha value is -4.63. The molecule has 1 fully saturated rings. The van der Waals surface area contributed by atoms with Crippen molar-refractivity contribution in [2.75, 3.05) is 0 Å². The number of carboxylic acids is 1. The lowest BCUT2D eigenvalue weighted by molar-refractivity contribution is 0.0690. The highest BCUT2D eigenvalue weighted by atomic mass is 16.4. The number of pyridine rings is 2. The highest BCUT2D eigenvalue weighted by Crippen LogP contribution is 2.45. The number of aromatic carboxylic acids is 1. The van der Waals surface area contributed by atoms with Gasteiger partial charge in [-0.2, -0.15) is 25.5 Å². The van der Waals surface area contributed by atoms with Gasteiger partial charge in [0.05, 0.1) is 47.4 Å². The summed E-state index contributed by atoms with van der Waals surface area (Å²) < 4.78 is 0. The molecule has 4 aromatic rings. The first-order valence-corrected chi connectivity index (χ1v) is 10.3. The zero-order chi connectivity index (χ0) is 23.0. The van der Waals surface area contributed by atoms with Gasteiger partial charge in [0.1, 0.15) is 11.4 Å². The summed E-state index contributed by atoms with van der Waals surface area (Å²) in [6.07, 6.45) is 4.64. The zero-order valence-corrected chi connectivity index (χ0v) is 17.4. The van der Waals surface area contributed by atoms with Crippen LogP contribution in [-0.4, -0.2) is 36.0 Å². The maximum atomic E-state index is 11.4. The molecule has 1 N–H and O–H groups in total. The molecule has 0 radical (unpaired) electrons. The van der Waals surface area contributed by atoms with E-state index in [9.17, 15) is 20.4 Å². The number of carboxylic acid groups (broad SMARTS) is 1. The third kappa shape index (κ3) is 3.46. The van der Waals surface area contributed by atoms with Crippen LogP contribution >= 0.6 is 0 Å². The van der Waals surface area contributed by atoms with E-state index in [1.54, 1.807) is 29.3 Å². The number of nitrogens with zero attached hydrogens (tertiary/aromatic N) is 7. The van der Waals surface area contributed by atoms with E-state index in [0.717, 1.165) is 10.9 Å². The van der Waals surface area contributed by atoms with Gasteiger partial charge in [0.25, 0.3) is 0 Å². The Kier molecular flexibility index (Phi) is 4.80. The van der Waals surface area contributed by atoms with Crippen molar-refractivity contribution < 1.29 is 9.90 Å². The van der Waals surface area contributed by atoms with Gasteiger partial charge in [0, 0.05) is 22.7 Å². The number of carbonyl (C=O) groups is 1. The standard InChI is InChI=1S/C24H17N7O2/c25-7-6-24(11-15(12-24)13-26)31-28-14-22(30-31)18-9-16(10-21-17(18)3-2-8-27-21)19-4-1-5-20(29-19)23(32)33/h1-5,8-10,14-15H,6,11-12H2,(H,32,33). The number of nitriles is 2. The summed E-state index contributed by atoms with van der Waals surface area (Å²) in [4.78, 5) is 21.7. The van der Waals surface area contributed by atoms with Crippen LogP contribution in [0.15, 0.2) is 54.9 Å². The molecule has 0 spiro atoms. The number of rotatable bonds is 5. The lowest BCUT2D eigenvalue weighted by Crippen LogP contribution is -2.47. The minimum absolute atomic E-state index is 0.0448. The lowest BCUT2D eigenvalue weighted by Gasteiger charge is -2.42. The van der Waals surface area contributed by atoms with Crippen molar-refractivity contribution in [3.05, 3.63) is 60.6 Å². The average molecular weight is 435 g/mol. The lowest BCUT2D eigenvalue weighted by atomic mass is 9.68. The summed E-state index contributed by atoms with van der Waals surface area (Å²) in [7, 11) is 0. The fraction of sp³-hybridized carbons (Fsp3) is 0.208. The SMILES string of the molecule is N#CCC1(n2ncc(-c3cc(-c4cccc(C(=O)O)n4)cc4ncccc34)n2)CC(C#N)C1. The second kappa shape index (κ2) is 7.81. The van der Waals surface area contributed by atoms with Gasteiger partial charge in [-0.25, -0.2) is 9.78 Å². The van der Waals surface area contributed by atoms with Crippen molar-refractivity contribution in [1.29, 1.82) is 10.5 Å². The summed E-state index contributed by atoms with van der Waals surface area (Å²) in [5.74, 6) is -1.20. The van der Waals surface area contributed by atoms with Crippen LogP contribution < -0.4 is 0 Å². The van der Waals surface area contributed by atoms with Gasteiger partial charge in [-0.05, 0) is 43.2 Å². The molecule has 9 heteroatoms. The monoisotopic (exact) mass is 435 g/mol. The molecule has 3 heterocycles. The molecular weight excluding hydrogens is 418 g/mol. The molecule has 33 heavy (non-hydrogen) atoms. The highest BCUT2D eigenvalue weighted by Gasteiger charge is 2.48. The third-order valence-electron chi connectivity index (χ3n) is 6.02. The molecule has 9 nitrogen and oxygen atoms in total. The molecule has 3 aromatic heterocycles. The van der Waals surface area contributed by atoms with Gasteiger partial charge in [-0.1, -0.05) is 12.1 Å². The molecule has 1 aliphatic carbocycles. The van der Waals surface area contributed by atoms with Crippen molar-refractivity contribution in [1.82, 2.24) is 25.0 Å². The quantitative estimate of drug-likeness (QED) is 0.499. The smallest absolute Gasteiger partial charge is 0.354 e. The van der Waals surface area contributed by atoms with E-state index in [-0.39, 0.29) is 18.0 Å². The normalized spacial score (nSPS) is 19.4. The van der Waals surface area contributed by atoms with Crippen LogP contribution in [0.4, 0.5) is 0 Å². The van der Waals surface area contributed by atoms with Crippen molar-refractivity contribution in [2.45, 2.75) is 24.8 Å². The molecule has 0 unspecified atom stereocenters. The summed E-state index contributed by atoms with van der Waals surface area (Å²) in [5, 5.41) is 37.8. The van der Waals surface area contributed by atoms with E-state index in [1.165, 1.54) is 6.07 Å². The molecule has 1 saturated carbocycles. The van der Waals surface area contributed by atoms with Crippen LogP contribution in [0, 0.1) is 28.6 Å². The topological polar surface area (TPSA) is 141 Å². The van der Waals surface area contributed by atoms with Crippen LogP contribution in [-0.2, 0) is 5.54 Å². The van der Waals surface area contributed by atoms with Gasteiger partial charge in [0.2, 0.25) is 0 Å². The molecule has 0 aliphatic heterocycles. The van der Waals surface area contributed by atoms with Crippen LogP contribution in [0.3, 0.4) is 0 Å². The number of aromatic nitrogens is 5. The molecule has 0 amide bonds. The molecule has 1 aromatic carbocycles. The van der Waals surface area contributed by atoms with Gasteiger partial charge in [-0.15, -0.1) is 0 Å². The number of hydrogen-bond donors (Lipinski definition) is 1. The summed E-state index contributed by atoms with van der Waals surface area (Å²) in [5.41, 5.74) is 2.67. The summed E-state index contributed by atoms with van der Waals surface area (Å²) >= 11 is 0. The summed E-state index contributed by atoms with van der Waals surface area (Å²) in [6, 6.07) is 16.8. The average Bonchev–Trinajstić information content (AvgIpc) is 3.31. The second-order valence-electron chi connectivity index (χ2n) is 8.12. The van der Waals surface area contributed by atoms with Gasteiger partial charge >= 0.3 is 5.97 Å². The molecule has 0 saturated heterocycles. The molecule has 5 rings (SSSR count). The molecule has 0 atom stereocenters. The zero-order valence-electron chi connectivity index (χ0n) is 17.4. The van der Waals surface area contributed by atoms with Crippen molar-refractivity contribution in [2.24, 2.45) is 5.92 Å². The Balaban J connectivity index is 1.62. The first-order chi connectivity index (χ1) is 16.0. The molecule has 0 bridgehead atoms. The summed E-state index contributed by atoms with van der Waals surface area (Å²) in [6.45, 7) is 0. The Labute approximate surface area is 188 Å². The molecule has 160 valence electrons. The van der Waals surface area contributed by atoms with Crippen LogP contribution in [0.25, 0.3) is 33.4 Å². The van der Waals surface area contributed by atoms with E-state index < -0.39 is 11.5 Å². The van der Waals surface area contributed by atoms with Gasteiger partial charge in [0.15, 0.2) is 0 Å². The van der Waals surface area contributed by atoms with Gasteiger partial charge < -0.3 is 5.11 Å². The highest BCUT2D eigenvalue weighted by molar-refractivity contribution is 5.97.